The Kier molecular flexibility index (Phi) is 5.16. The van der Waals surface area contributed by atoms with E-state index in [0.29, 0.717) is 31.3 Å². The zero-order valence-corrected chi connectivity index (χ0v) is 12.4. The third-order valence-corrected chi connectivity index (χ3v) is 3.68. The predicted octanol–water partition coefficient (Wildman–Crippen LogP) is 0.789. The number of rotatable bonds is 6. The van der Waals surface area contributed by atoms with E-state index in [1.807, 2.05) is 0 Å². The van der Waals surface area contributed by atoms with Crippen molar-refractivity contribution >= 4 is 11.6 Å². The van der Waals surface area contributed by atoms with Crippen LogP contribution in [0.5, 0.6) is 11.5 Å². The number of nitrogens with zero attached hydrogens (tertiary/aromatic N) is 2. The van der Waals surface area contributed by atoms with Gasteiger partial charge in [0, 0.05) is 25.2 Å². The van der Waals surface area contributed by atoms with E-state index in [4.69, 9.17) is 15.2 Å². The Morgan fingerprint density at radius 1 is 1.55 bits per heavy atom. The van der Waals surface area contributed by atoms with Gasteiger partial charge < -0.3 is 20.1 Å². The molecule has 8 heteroatoms. The molecule has 1 fully saturated rings. The first-order valence-electron chi connectivity index (χ1n) is 6.98. The quantitative estimate of drug-likeness (QED) is 0.615. The minimum Gasteiger partial charge on any atom is -0.490 e. The molecule has 0 aromatic heterocycles. The topological polar surface area (TPSA) is 108 Å². The second-order valence-corrected chi connectivity index (χ2v) is 5.11. The minimum atomic E-state index is -0.537. The number of nitrogens with two attached hydrogens (primary N) is 1. The zero-order chi connectivity index (χ0) is 16.1. The van der Waals surface area contributed by atoms with Crippen molar-refractivity contribution in [1.82, 2.24) is 4.90 Å². The number of carbonyl (C=O) groups is 1. The Balaban J connectivity index is 1.94. The normalized spacial score (nSPS) is 17.4. The van der Waals surface area contributed by atoms with Crippen LogP contribution in [-0.2, 0) is 4.79 Å². The first-order chi connectivity index (χ1) is 10.5. The molecular weight excluding hydrogens is 290 g/mol. The van der Waals surface area contributed by atoms with E-state index >= 15 is 0 Å². The highest BCUT2D eigenvalue weighted by Gasteiger charge is 2.25. The summed E-state index contributed by atoms with van der Waals surface area (Å²) in [5, 5.41) is 10.8. The lowest BCUT2D eigenvalue weighted by Crippen LogP contribution is -2.33. The highest BCUT2D eigenvalue weighted by atomic mass is 16.6. The summed E-state index contributed by atoms with van der Waals surface area (Å²) in [7, 11) is 1.34. The summed E-state index contributed by atoms with van der Waals surface area (Å²) in [6.45, 7) is 1.80. The molecule has 1 aromatic rings. The van der Waals surface area contributed by atoms with Crippen LogP contribution in [-0.4, -0.2) is 49.1 Å². The Bertz CT molecular complexity index is 563. The van der Waals surface area contributed by atoms with E-state index in [1.165, 1.54) is 25.3 Å². The van der Waals surface area contributed by atoms with Crippen LogP contribution in [0.1, 0.15) is 6.42 Å². The van der Waals surface area contributed by atoms with Crippen molar-refractivity contribution in [2.75, 3.05) is 33.4 Å². The molecule has 1 unspecified atom stereocenters. The maximum atomic E-state index is 12.0. The lowest BCUT2D eigenvalue weighted by molar-refractivity contribution is -0.385. The molecule has 120 valence electrons. The summed E-state index contributed by atoms with van der Waals surface area (Å²) < 4.78 is 10.4. The Morgan fingerprint density at radius 3 is 2.91 bits per heavy atom. The van der Waals surface area contributed by atoms with Crippen LogP contribution in [0.4, 0.5) is 5.69 Å². The van der Waals surface area contributed by atoms with Crippen LogP contribution >= 0.6 is 0 Å². The molecule has 1 aliphatic rings. The van der Waals surface area contributed by atoms with Crippen molar-refractivity contribution in [3.8, 4) is 11.5 Å². The molecule has 1 atom stereocenters. The average molecular weight is 309 g/mol. The van der Waals surface area contributed by atoms with Crippen LogP contribution in [0.25, 0.3) is 0 Å². The summed E-state index contributed by atoms with van der Waals surface area (Å²) in [4.78, 5) is 24.0. The Morgan fingerprint density at radius 2 is 2.32 bits per heavy atom. The summed E-state index contributed by atoms with van der Waals surface area (Å²) in [6.07, 6.45) is 0.910. The Labute approximate surface area is 127 Å². The lowest BCUT2D eigenvalue weighted by atomic mass is 10.1. The molecule has 22 heavy (non-hydrogen) atoms. The minimum absolute atomic E-state index is 0.0966. The standard InChI is InChI=1S/C14H19N3O5/c1-21-13-6-11(2-3-12(13)17(19)20)22-9-14(18)16-5-4-10(7-15)8-16/h2-3,6,10H,4-5,7-9,15H2,1H3. The molecule has 1 saturated heterocycles. The van der Waals surface area contributed by atoms with E-state index in [1.54, 1.807) is 4.90 Å². The number of benzene rings is 1. The van der Waals surface area contributed by atoms with Crippen LogP contribution in [0, 0.1) is 16.0 Å². The van der Waals surface area contributed by atoms with E-state index < -0.39 is 4.92 Å². The van der Waals surface area contributed by atoms with Gasteiger partial charge in [0.25, 0.3) is 5.91 Å². The number of amides is 1. The second-order valence-electron chi connectivity index (χ2n) is 5.11. The number of carbonyl (C=O) groups excluding carboxylic acids is 1. The fraction of sp³-hybridized carbons (Fsp3) is 0.500. The molecule has 0 aliphatic carbocycles. The van der Waals surface area contributed by atoms with Gasteiger partial charge >= 0.3 is 5.69 Å². The summed E-state index contributed by atoms with van der Waals surface area (Å²) in [5.74, 6) is 0.682. The lowest BCUT2D eigenvalue weighted by Gasteiger charge is -2.16. The number of ether oxygens (including phenoxy) is 2. The smallest absolute Gasteiger partial charge is 0.311 e. The average Bonchev–Trinajstić information content (AvgIpc) is 3.01. The fourth-order valence-corrected chi connectivity index (χ4v) is 2.39. The molecule has 2 rings (SSSR count). The highest BCUT2D eigenvalue weighted by Crippen LogP contribution is 2.30. The summed E-state index contributed by atoms with van der Waals surface area (Å²) >= 11 is 0. The molecule has 0 radical (unpaired) electrons. The highest BCUT2D eigenvalue weighted by molar-refractivity contribution is 5.78. The van der Waals surface area contributed by atoms with Crippen LogP contribution in [0.15, 0.2) is 18.2 Å². The molecule has 0 bridgehead atoms. The van der Waals surface area contributed by atoms with Gasteiger partial charge in [0.2, 0.25) is 5.75 Å². The molecule has 0 saturated carbocycles. The number of nitro benzene ring substituents is 1. The first kappa shape index (κ1) is 16.0. The summed E-state index contributed by atoms with van der Waals surface area (Å²) in [6, 6.07) is 4.14. The second kappa shape index (κ2) is 7.08. The van der Waals surface area contributed by atoms with Crippen molar-refractivity contribution in [3.63, 3.8) is 0 Å². The van der Waals surface area contributed by atoms with Crippen LogP contribution in [0.2, 0.25) is 0 Å². The molecule has 1 aromatic carbocycles. The van der Waals surface area contributed by atoms with Gasteiger partial charge in [-0.25, -0.2) is 0 Å². The largest absolute Gasteiger partial charge is 0.490 e. The summed E-state index contributed by atoms with van der Waals surface area (Å²) in [5.41, 5.74) is 5.45. The Hall–Kier alpha value is -2.35. The third kappa shape index (κ3) is 3.64. The number of methoxy groups -OCH3 is 1. The van der Waals surface area contributed by atoms with Crippen molar-refractivity contribution in [2.45, 2.75) is 6.42 Å². The van der Waals surface area contributed by atoms with Gasteiger partial charge in [0.1, 0.15) is 5.75 Å². The number of likely N-dealkylation sites (tertiary alicyclic amines) is 1. The SMILES string of the molecule is COc1cc(OCC(=O)N2CCC(CN)C2)ccc1[N+](=O)[O-]. The van der Waals surface area contributed by atoms with Crippen molar-refractivity contribution < 1.29 is 19.2 Å². The van der Waals surface area contributed by atoms with Crippen molar-refractivity contribution in [1.29, 1.82) is 0 Å². The molecule has 0 spiro atoms. The third-order valence-electron chi connectivity index (χ3n) is 3.68. The van der Waals surface area contributed by atoms with E-state index in [9.17, 15) is 14.9 Å². The molecule has 2 N–H and O–H groups in total. The van der Waals surface area contributed by atoms with E-state index in [2.05, 4.69) is 0 Å². The maximum absolute atomic E-state index is 12.0. The molecule has 8 nitrogen and oxygen atoms in total. The van der Waals surface area contributed by atoms with Crippen LogP contribution < -0.4 is 15.2 Å². The van der Waals surface area contributed by atoms with Gasteiger partial charge in [-0.05, 0) is 24.9 Å². The van der Waals surface area contributed by atoms with Crippen molar-refractivity contribution in [2.24, 2.45) is 11.7 Å². The fourth-order valence-electron chi connectivity index (χ4n) is 2.39. The molecule has 1 amide bonds. The van der Waals surface area contributed by atoms with Gasteiger partial charge in [-0.2, -0.15) is 0 Å². The van der Waals surface area contributed by atoms with Gasteiger partial charge in [0.05, 0.1) is 12.0 Å². The van der Waals surface area contributed by atoms with Gasteiger partial charge in [0.15, 0.2) is 6.61 Å². The first-order valence-corrected chi connectivity index (χ1v) is 6.98. The van der Waals surface area contributed by atoms with E-state index in [-0.39, 0.29) is 24.0 Å². The van der Waals surface area contributed by atoms with Crippen LogP contribution in [0.3, 0.4) is 0 Å². The molecular formula is C14H19N3O5. The maximum Gasteiger partial charge on any atom is 0.311 e. The number of hydrogen-bond donors (Lipinski definition) is 1. The predicted molar refractivity (Wildman–Crippen MR) is 78.9 cm³/mol. The number of nitro groups is 1. The van der Waals surface area contributed by atoms with Crippen molar-refractivity contribution in [3.05, 3.63) is 28.3 Å². The van der Waals surface area contributed by atoms with Gasteiger partial charge in [-0.15, -0.1) is 0 Å². The zero-order valence-electron chi connectivity index (χ0n) is 12.4. The molecule has 1 aliphatic heterocycles. The van der Waals surface area contributed by atoms with Gasteiger partial charge in [-0.1, -0.05) is 0 Å². The monoisotopic (exact) mass is 309 g/mol. The van der Waals surface area contributed by atoms with E-state index in [0.717, 1.165) is 6.42 Å². The number of hydrogen-bond acceptors (Lipinski definition) is 6. The van der Waals surface area contributed by atoms with Gasteiger partial charge in [-0.3, -0.25) is 14.9 Å². The molecule has 1 heterocycles.